The minimum absolute atomic E-state index is 0.459. The maximum atomic E-state index is 6.29. The second-order valence-electron chi connectivity index (χ2n) is 7.58. The lowest BCUT2D eigenvalue weighted by atomic mass is 10.1. The maximum absolute atomic E-state index is 6.29. The molecule has 10 heteroatoms. The summed E-state index contributed by atoms with van der Waals surface area (Å²) in [6.45, 7) is 6.55. The molecule has 0 amide bonds. The molecule has 160 valence electrons. The Morgan fingerprint density at radius 3 is 2.80 bits per heavy atom. The van der Waals surface area contributed by atoms with E-state index in [0.717, 1.165) is 80.0 Å². The molecule has 4 rings (SSSR count). The molecule has 3 heterocycles. The Bertz CT molecular complexity index is 969. The second kappa shape index (κ2) is 9.76. The smallest absolute Gasteiger partial charge is 0.202 e. The van der Waals surface area contributed by atoms with Crippen LogP contribution in [0.15, 0.2) is 24.3 Å². The van der Waals surface area contributed by atoms with Gasteiger partial charge in [0.2, 0.25) is 5.28 Å². The summed E-state index contributed by atoms with van der Waals surface area (Å²) in [7, 11) is 0. The van der Waals surface area contributed by atoms with Crippen LogP contribution in [0, 0.1) is 0 Å². The van der Waals surface area contributed by atoms with Gasteiger partial charge in [-0.1, -0.05) is 43.1 Å². The van der Waals surface area contributed by atoms with Crippen molar-refractivity contribution in [1.82, 2.24) is 35.1 Å². The summed E-state index contributed by atoms with van der Waals surface area (Å²) < 4.78 is 1.88. The molecule has 1 aromatic carbocycles. The van der Waals surface area contributed by atoms with E-state index < -0.39 is 0 Å². The molecule has 0 fully saturated rings. The summed E-state index contributed by atoms with van der Waals surface area (Å²) in [5.74, 6) is 1.82. The number of nitrogens with zero attached hydrogens (tertiary/aromatic N) is 7. The molecule has 3 aromatic rings. The predicted octanol–water partition coefficient (Wildman–Crippen LogP) is 3.76. The van der Waals surface area contributed by atoms with Gasteiger partial charge in [0.15, 0.2) is 11.6 Å². The average Bonchev–Trinajstić information content (AvgIpc) is 3.33. The minimum atomic E-state index is 0.459. The molecule has 0 atom stereocenters. The van der Waals surface area contributed by atoms with Crippen molar-refractivity contribution in [3.8, 4) is 0 Å². The second-order valence-corrected chi connectivity index (χ2v) is 8.35. The Morgan fingerprint density at radius 2 is 1.97 bits per heavy atom. The van der Waals surface area contributed by atoms with E-state index in [1.165, 1.54) is 0 Å². The van der Waals surface area contributed by atoms with Gasteiger partial charge in [0.05, 0.1) is 12.4 Å². The van der Waals surface area contributed by atoms with Gasteiger partial charge in [-0.05, 0) is 46.5 Å². The lowest BCUT2D eigenvalue weighted by Gasteiger charge is -2.35. The molecule has 0 saturated heterocycles. The highest BCUT2D eigenvalue weighted by molar-refractivity contribution is 6.31. The number of unbranched alkanes of at least 4 members (excludes halogenated alkanes) is 1. The van der Waals surface area contributed by atoms with Gasteiger partial charge in [-0.15, -0.1) is 5.10 Å². The van der Waals surface area contributed by atoms with Gasteiger partial charge in [-0.2, -0.15) is 0 Å². The van der Waals surface area contributed by atoms with Gasteiger partial charge in [0.25, 0.3) is 0 Å². The van der Waals surface area contributed by atoms with Crippen molar-refractivity contribution in [2.24, 2.45) is 0 Å². The monoisotopic (exact) mass is 448 g/mol. The number of nitrogens with one attached hydrogen (secondary N) is 1. The summed E-state index contributed by atoms with van der Waals surface area (Å²) in [6, 6.07) is 7.80. The van der Waals surface area contributed by atoms with Crippen LogP contribution in [0.5, 0.6) is 0 Å². The van der Waals surface area contributed by atoms with Gasteiger partial charge in [0.1, 0.15) is 0 Å². The molecule has 30 heavy (non-hydrogen) atoms. The Labute approximate surface area is 186 Å². The highest BCUT2D eigenvalue weighted by atomic mass is 35.5. The van der Waals surface area contributed by atoms with Crippen LogP contribution in [0.1, 0.15) is 43.3 Å². The van der Waals surface area contributed by atoms with E-state index in [1.54, 1.807) is 0 Å². The summed E-state index contributed by atoms with van der Waals surface area (Å²) in [5.41, 5.74) is 2.12. The van der Waals surface area contributed by atoms with E-state index in [1.807, 2.05) is 28.9 Å². The number of halogens is 2. The van der Waals surface area contributed by atoms with Crippen molar-refractivity contribution in [3.05, 3.63) is 51.7 Å². The van der Waals surface area contributed by atoms with Crippen molar-refractivity contribution in [2.45, 2.75) is 45.7 Å². The first kappa shape index (κ1) is 21.1. The van der Waals surface area contributed by atoms with Gasteiger partial charge in [-0.3, -0.25) is 4.90 Å². The molecule has 0 saturated carbocycles. The highest BCUT2D eigenvalue weighted by Gasteiger charge is 2.25. The number of aromatic nitrogens is 6. The molecule has 0 bridgehead atoms. The summed E-state index contributed by atoms with van der Waals surface area (Å²) >= 11 is 12.4. The number of anilines is 1. The fourth-order valence-electron chi connectivity index (χ4n) is 3.78. The molecule has 0 unspecified atom stereocenters. The fourth-order valence-corrected chi connectivity index (χ4v) is 4.17. The predicted molar refractivity (Wildman–Crippen MR) is 118 cm³/mol. The zero-order chi connectivity index (χ0) is 20.9. The molecule has 0 radical (unpaired) electrons. The number of aromatic amines is 1. The van der Waals surface area contributed by atoms with Crippen molar-refractivity contribution < 1.29 is 0 Å². The standard InChI is InChI=1S/C20H26Cl2N8/c1-2-3-10-29-14-28(13-17-19(29)24-20(22)23-17)9-6-11-30-18(25-26-27-30)12-15-7-4-5-8-16(15)21/h4-5,7-8H,2-3,6,9-14H2,1H3,(H,23,24). The first-order valence-corrected chi connectivity index (χ1v) is 11.1. The SMILES string of the molecule is CCCCN1CN(CCCn2nnnc2Cc2ccccc2Cl)Cc2[nH]c(Cl)nc21. The number of rotatable bonds is 9. The zero-order valence-corrected chi connectivity index (χ0v) is 18.6. The molecule has 1 aliphatic heterocycles. The number of fused-ring (bicyclic) bond motifs is 1. The normalized spacial score (nSPS) is 14.3. The molecular formula is C20H26Cl2N8. The Balaban J connectivity index is 1.35. The number of aryl methyl sites for hydroxylation is 1. The van der Waals surface area contributed by atoms with E-state index in [4.69, 9.17) is 23.2 Å². The van der Waals surface area contributed by atoms with Crippen molar-refractivity contribution in [1.29, 1.82) is 0 Å². The molecule has 1 N–H and O–H groups in total. The van der Waals surface area contributed by atoms with Gasteiger partial charge in [0, 0.05) is 37.6 Å². The van der Waals surface area contributed by atoms with Crippen molar-refractivity contribution in [3.63, 3.8) is 0 Å². The van der Waals surface area contributed by atoms with Crippen LogP contribution in [-0.2, 0) is 19.5 Å². The molecule has 2 aromatic heterocycles. The summed E-state index contributed by atoms with van der Waals surface area (Å²) in [5, 5.41) is 13.4. The quantitative estimate of drug-likeness (QED) is 0.536. The third-order valence-electron chi connectivity index (χ3n) is 5.32. The number of H-pyrrole nitrogens is 1. The van der Waals surface area contributed by atoms with E-state index >= 15 is 0 Å². The number of imidazole rings is 1. The number of hydrogen-bond acceptors (Lipinski definition) is 6. The lowest BCUT2D eigenvalue weighted by molar-refractivity contribution is 0.238. The number of benzene rings is 1. The van der Waals surface area contributed by atoms with Crippen LogP contribution in [0.25, 0.3) is 0 Å². The molecule has 0 aliphatic carbocycles. The topological polar surface area (TPSA) is 78.8 Å². The first-order valence-electron chi connectivity index (χ1n) is 10.3. The number of tetrazole rings is 1. The van der Waals surface area contributed by atoms with Crippen LogP contribution in [0.3, 0.4) is 0 Å². The summed E-state index contributed by atoms with van der Waals surface area (Å²) in [6.07, 6.45) is 3.85. The molecule has 1 aliphatic rings. The van der Waals surface area contributed by atoms with Crippen LogP contribution >= 0.6 is 23.2 Å². The van der Waals surface area contributed by atoms with E-state index in [-0.39, 0.29) is 0 Å². The third-order valence-corrected chi connectivity index (χ3v) is 5.87. The average molecular weight is 449 g/mol. The Morgan fingerprint density at radius 1 is 1.10 bits per heavy atom. The van der Waals surface area contributed by atoms with Crippen LogP contribution in [0.2, 0.25) is 10.3 Å². The zero-order valence-electron chi connectivity index (χ0n) is 17.1. The fraction of sp³-hybridized carbons (Fsp3) is 0.500. The number of hydrogen-bond donors (Lipinski definition) is 1. The maximum Gasteiger partial charge on any atom is 0.202 e. The Kier molecular flexibility index (Phi) is 6.86. The van der Waals surface area contributed by atoms with E-state index in [9.17, 15) is 0 Å². The first-order chi connectivity index (χ1) is 14.6. The third kappa shape index (κ3) is 4.94. The van der Waals surface area contributed by atoms with Crippen LogP contribution in [0.4, 0.5) is 5.82 Å². The van der Waals surface area contributed by atoms with Crippen LogP contribution in [-0.4, -0.2) is 54.8 Å². The van der Waals surface area contributed by atoms with E-state index in [0.29, 0.717) is 11.7 Å². The Hall–Kier alpha value is -2.16. The van der Waals surface area contributed by atoms with Crippen molar-refractivity contribution in [2.75, 3.05) is 24.7 Å². The van der Waals surface area contributed by atoms with Gasteiger partial charge in [-0.25, -0.2) is 9.67 Å². The van der Waals surface area contributed by atoms with Crippen molar-refractivity contribution >= 4 is 29.0 Å². The largest absolute Gasteiger partial charge is 0.342 e. The minimum Gasteiger partial charge on any atom is -0.342 e. The molecule has 0 spiro atoms. The highest BCUT2D eigenvalue weighted by Crippen LogP contribution is 2.27. The molecular weight excluding hydrogens is 423 g/mol. The van der Waals surface area contributed by atoms with Gasteiger partial charge >= 0.3 is 0 Å². The summed E-state index contributed by atoms with van der Waals surface area (Å²) in [4.78, 5) is 12.4. The van der Waals surface area contributed by atoms with Gasteiger partial charge < -0.3 is 9.88 Å². The molecule has 8 nitrogen and oxygen atoms in total. The van der Waals surface area contributed by atoms with Crippen LogP contribution < -0.4 is 4.90 Å². The lowest BCUT2D eigenvalue weighted by Crippen LogP contribution is -2.43. The van der Waals surface area contributed by atoms with E-state index in [2.05, 4.69) is 42.2 Å².